The van der Waals surface area contributed by atoms with Crippen LogP contribution in [0, 0.1) is 18.3 Å². The van der Waals surface area contributed by atoms with Crippen molar-refractivity contribution in [1.29, 1.82) is 0 Å². The Morgan fingerprint density at radius 3 is 2.90 bits per heavy atom. The van der Waals surface area contributed by atoms with E-state index in [0.717, 1.165) is 25.1 Å². The average Bonchev–Trinajstić information content (AvgIpc) is 2.44. The molecule has 2 heterocycles. The van der Waals surface area contributed by atoms with Crippen LogP contribution < -0.4 is 5.56 Å². The predicted octanol–water partition coefficient (Wildman–Crippen LogP) is 2.04. The molecule has 21 heavy (non-hydrogen) atoms. The quantitative estimate of drug-likeness (QED) is 0.847. The number of esters is 1. The number of aromatic amines is 1. The van der Waals surface area contributed by atoms with E-state index in [2.05, 4.69) is 18.8 Å². The van der Waals surface area contributed by atoms with Gasteiger partial charge in [0.2, 0.25) is 0 Å². The fourth-order valence-corrected chi connectivity index (χ4v) is 3.63. The Hall–Kier alpha value is -1.62. The maximum absolute atomic E-state index is 12.3. The molecule has 114 valence electrons. The number of carbonyl (C=O) groups is 1. The fraction of sp³-hybridized carbons (Fsp3) is 0.625. The number of hydrogen-bond donors (Lipinski definition) is 1. The van der Waals surface area contributed by atoms with E-state index in [4.69, 9.17) is 9.47 Å². The third kappa shape index (κ3) is 2.29. The highest BCUT2D eigenvalue weighted by molar-refractivity contribution is 5.89. The maximum Gasteiger partial charge on any atom is 0.344 e. The Morgan fingerprint density at radius 2 is 2.19 bits per heavy atom. The highest BCUT2D eigenvalue weighted by atomic mass is 16.6. The third-order valence-corrected chi connectivity index (χ3v) is 4.73. The molecule has 1 aromatic rings. The van der Waals surface area contributed by atoms with E-state index in [9.17, 15) is 9.59 Å². The molecule has 2 fully saturated rings. The molecule has 3 atom stereocenters. The summed E-state index contributed by atoms with van der Waals surface area (Å²) in [4.78, 5) is 26.7. The van der Waals surface area contributed by atoms with Gasteiger partial charge in [-0.25, -0.2) is 4.79 Å². The van der Waals surface area contributed by atoms with Crippen molar-refractivity contribution in [3.05, 3.63) is 33.7 Å². The Balaban J connectivity index is 1.77. The maximum atomic E-state index is 12.3. The molecular weight excluding hydrogens is 270 g/mol. The van der Waals surface area contributed by atoms with Gasteiger partial charge in [0.05, 0.1) is 6.10 Å². The summed E-state index contributed by atoms with van der Waals surface area (Å²) < 4.78 is 11.4. The van der Waals surface area contributed by atoms with E-state index in [1.54, 1.807) is 13.0 Å². The lowest BCUT2D eigenvalue weighted by atomic mass is 9.57. The summed E-state index contributed by atoms with van der Waals surface area (Å²) >= 11 is 0. The van der Waals surface area contributed by atoms with Crippen molar-refractivity contribution in [3.63, 3.8) is 0 Å². The number of pyridine rings is 1. The van der Waals surface area contributed by atoms with E-state index in [1.807, 2.05) is 0 Å². The number of H-pyrrole nitrogens is 1. The van der Waals surface area contributed by atoms with Gasteiger partial charge in [-0.1, -0.05) is 13.8 Å². The number of nitrogens with one attached hydrogen (secondary N) is 1. The first-order valence-corrected chi connectivity index (χ1v) is 7.44. The molecule has 5 nitrogen and oxygen atoms in total. The topological polar surface area (TPSA) is 68.4 Å². The van der Waals surface area contributed by atoms with Crippen LogP contribution in [0.15, 0.2) is 16.9 Å². The molecule has 1 aromatic heterocycles. The number of ether oxygens (including phenoxy) is 2. The molecule has 2 aliphatic rings. The van der Waals surface area contributed by atoms with Gasteiger partial charge in [0.1, 0.15) is 11.7 Å². The van der Waals surface area contributed by atoms with E-state index < -0.39 is 11.5 Å². The number of hydrogen-bond acceptors (Lipinski definition) is 4. The lowest BCUT2D eigenvalue weighted by molar-refractivity contribution is -0.243. The van der Waals surface area contributed by atoms with Crippen LogP contribution >= 0.6 is 0 Å². The minimum Gasteiger partial charge on any atom is -0.458 e. The SMILES string of the molecule is Cc1ccc(C(=O)OC2C3CCCOC3C2(C)C)c(=O)[nH]1. The van der Waals surface area contributed by atoms with Crippen LogP contribution in [0.4, 0.5) is 0 Å². The zero-order chi connectivity index (χ0) is 15.2. The molecule has 0 bridgehead atoms. The van der Waals surface area contributed by atoms with Crippen LogP contribution in [-0.2, 0) is 9.47 Å². The lowest BCUT2D eigenvalue weighted by Crippen LogP contribution is -2.65. The highest BCUT2D eigenvalue weighted by Crippen LogP contribution is 2.53. The van der Waals surface area contributed by atoms with Crippen LogP contribution in [0.2, 0.25) is 0 Å². The largest absolute Gasteiger partial charge is 0.458 e. The minimum atomic E-state index is -0.543. The Kier molecular flexibility index (Phi) is 3.40. The van der Waals surface area contributed by atoms with Crippen molar-refractivity contribution >= 4 is 5.97 Å². The van der Waals surface area contributed by atoms with E-state index in [1.165, 1.54) is 6.07 Å². The Labute approximate surface area is 123 Å². The summed E-state index contributed by atoms with van der Waals surface area (Å²) in [5.74, 6) is -0.291. The van der Waals surface area contributed by atoms with Gasteiger partial charge in [-0.2, -0.15) is 0 Å². The first-order valence-electron chi connectivity index (χ1n) is 7.44. The van der Waals surface area contributed by atoms with Gasteiger partial charge in [-0.15, -0.1) is 0 Å². The van der Waals surface area contributed by atoms with Crippen LogP contribution in [0.5, 0.6) is 0 Å². The van der Waals surface area contributed by atoms with Gasteiger partial charge < -0.3 is 14.5 Å². The third-order valence-electron chi connectivity index (χ3n) is 4.73. The Morgan fingerprint density at radius 1 is 1.43 bits per heavy atom. The number of fused-ring (bicyclic) bond motifs is 1. The Bertz CT molecular complexity index is 619. The molecule has 0 spiro atoms. The number of aryl methyl sites for hydroxylation is 1. The van der Waals surface area contributed by atoms with Crippen molar-refractivity contribution in [2.45, 2.75) is 45.8 Å². The molecule has 1 N–H and O–H groups in total. The van der Waals surface area contributed by atoms with Gasteiger partial charge in [0.25, 0.3) is 5.56 Å². The summed E-state index contributed by atoms with van der Waals surface area (Å²) in [6.45, 7) is 6.66. The first-order chi connectivity index (χ1) is 9.91. The summed E-state index contributed by atoms with van der Waals surface area (Å²) in [7, 11) is 0. The second kappa shape index (κ2) is 4.98. The number of carbonyl (C=O) groups excluding carboxylic acids is 1. The zero-order valence-electron chi connectivity index (χ0n) is 12.6. The molecule has 1 aliphatic heterocycles. The van der Waals surface area contributed by atoms with Crippen molar-refractivity contribution in [2.24, 2.45) is 11.3 Å². The van der Waals surface area contributed by atoms with Crippen LogP contribution in [0.25, 0.3) is 0 Å². The molecule has 3 rings (SSSR count). The second-order valence-corrected chi connectivity index (χ2v) is 6.63. The molecule has 0 amide bonds. The molecular formula is C16H21NO4. The molecule has 3 unspecified atom stereocenters. The first kappa shape index (κ1) is 14.3. The van der Waals surface area contributed by atoms with Crippen LogP contribution in [-0.4, -0.2) is 29.8 Å². The van der Waals surface area contributed by atoms with E-state index in [-0.39, 0.29) is 29.1 Å². The molecule has 0 radical (unpaired) electrons. The van der Waals surface area contributed by atoms with Crippen molar-refractivity contribution < 1.29 is 14.3 Å². The normalized spacial score (nSPS) is 30.1. The molecule has 0 aromatic carbocycles. The number of aromatic nitrogens is 1. The lowest BCUT2D eigenvalue weighted by Gasteiger charge is -2.58. The van der Waals surface area contributed by atoms with E-state index >= 15 is 0 Å². The second-order valence-electron chi connectivity index (χ2n) is 6.63. The van der Waals surface area contributed by atoms with Gasteiger partial charge in [0, 0.05) is 23.6 Å². The average molecular weight is 291 g/mol. The van der Waals surface area contributed by atoms with E-state index in [0.29, 0.717) is 0 Å². The van der Waals surface area contributed by atoms with Crippen molar-refractivity contribution in [3.8, 4) is 0 Å². The standard InChI is InChI=1S/C16H21NO4/c1-9-6-7-11(14(18)17-9)15(19)21-13-10-5-4-8-20-12(10)16(13,2)3/h6-7,10,12-13H,4-5,8H2,1-3H3,(H,17,18). The van der Waals surface area contributed by atoms with Crippen LogP contribution in [0.1, 0.15) is 42.7 Å². The summed E-state index contributed by atoms with van der Waals surface area (Å²) in [6.07, 6.45) is 1.98. The highest BCUT2D eigenvalue weighted by Gasteiger charge is 2.60. The monoisotopic (exact) mass is 291 g/mol. The van der Waals surface area contributed by atoms with Crippen molar-refractivity contribution in [1.82, 2.24) is 4.98 Å². The van der Waals surface area contributed by atoms with Gasteiger partial charge in [-0.3, -0.25) is 4.79 Å². The summed E-state index contributed by atoms with van der Waals surface area (Å²) in [5, 5.41) is 0. The van der Waals surface area contributed by atoms with Crippen molar-refractivity contribution in [2.75, 3.05) is 6.61 Å². The van der Waals surface area contributed by atoms with Crippen LogP contribution in [0.3, 0.4) is 0 Å². The molecule has 5 heteroatoms. The molecule has 1 saturated heterocycles. The zero-order valence-corrected chi connectivity index (χ0v) is 12.6. The van der Waals surface area contributed by atoms with Gasteiger partial charge >= 0.3 is 5.97 Å². The summed E-state index contributed by atoms with van der Waals surface area (Å²) in [5.41, 5.74) is 0.199. The number of rotatable bonds is 2. The fourth-order valence-electron chi connectivity index (χ4n) is 3.63. The predicted molar refractivity (Wildman–Crippen MR) is 77.2 cm³/mol. The minimum absolute atomic E-state index is 0.0663. The summed E-state index contributed by atoms with van der Waals surface area (Å²) in [6, 6.07) is 3.23. The molecule has 1 aliphatic carbocycles. The van der Waals surface area contributed by atoms with Gasteiger partial charge in [0.15, 0.2) is 0 Å². The van der Waals surface area contributed by atoms with Gasteiger partial charge in [-0.05, 0) is 31.9 Å². The molecule has 1 saturated carbocycles. The smallest absolute Gasteiger partial charge is 0.344 e.